The molecule has 0 aliphatic heterocycles. The second-order valence-corrected chi connectivity index (χ2v) is 3.91. The van der Waals surface area contributed by atoms with Gasteiger partial charge in [-0.05, 0) is 30.2 Å². The van der Waals surface area contributed by atoms with Crippen LogP contribution in [0.25, 0.3) is 0 Å². The van der Waals surface area contributed by atoms with Crippen LogP contribution in [-0.4, -0.2) is 0 Å². The Kier molecular flexibility index (Phi) is 3.78. The molecule has 88 valence electrons. The van der Waals surface area contributed by atoms with Crippen LogP contribution in [0.4, 0.5) is 0 Å². The topological polar surface area (TPSA) is 35.2 Å². The Morgan fingerprint density at radius 1 is 1.00 bits per heavy atom. The van der Waals surface area contributed by atoms with Crippen molar-refractivity contribution in [3.63, 3.8) is 0 Å². The molecule has 2 N–H and O–H groups in total. The zero-order valence-corrected chi connectivity index (χ0v) is 10.0. The predicted octanol–water partition coefficient (Wildman–Crippen LogP) is 3.50. The van der Waals surface area contributed by atoms with Crippen molar-refractivity contribution in [2.45, 2.75) is 19.9 Å². The van der Waals surface area contributed by atoms with Gasteiger partial charge in [0, 0.05) is 12.1 Å². The molecule has 0 aromatic heterocycles. The molecule has 2 heteroatoms. The molecule has 0 fully saturated rings. The standard InChI is InChI=1S/C15H17NO/c1-2-12-7-9-14(10-8-12)17-15-6-4-3-5-13(15)11-16/h3-10H,2,11,16H2,1H3. The highest BCUT2D eigenvalue weighted by Gasteiger charge is 2.02. The van der Waals surface area contributed by atoms with Crippen molar-refractivity contribution in [3.05, 3.63) is 59.7 Å². The third kappa shape index (κ3) is 2.86. The van der Waals surface area contributed by atoms with Crippen molar-refractivity contribution < 1.29 is 4.74 Å². The number of rotatable bonds is 4. The normalized spacial score (nSPS) is 10.2. The molecule has 2 nitrogen and oxygen atoms in total. The van der Waals surface area contributed by atoms with Gasteiger partial charge in [0.15, 0.2) is 0 Å². The van der Waals surface area contributed by atoms with Crippen molar-refractivity contribution >= 4 is 0 Å². The number of para-hydroxylation sites is 1. The Balaban J connectivity index is 2.19. The molecule has 0 bridgehead atoms. The van der Waals surface area contributed by atoms with Gasteiger partial charge >= 0.3 is 0 Å². The van der Waals surface area contributed by atoms with Crippen LogP contribution in [0.5, 0.6) is 11.5 Å². The molecule has 0 aliphatic rings. The summed E-state index contributed by atoms with van der Waals surface area (Å²) in [7, 11) is 0. The van der Waals surface area contributed by atoms with Crippen LogP contribution in [0.2, 0.25) is 0 Å². The molecule has 2 aromatic carbocycles. The summed E-state index contributed by atoms with van der Waals surface area (Å²) >= 11 is 0. The van der Waals surface area contributed by atoms with Gasteiger partial charge in [0.2, 0.25) is 0 Å². The first-order valence-corrected chi connectivity index (χ1v) is 5.88. The van der Waals surface area contributed by atoms with Crippen molar-refractivity contribution in [1.82, 2.24) is 0 Å². The first kappa shape index (κ1) is 11.7. The number of nitrogens with two attached hydrogens (primary N) is 1. The van der Waals surface area contributed by atoms with Gasteiger partial charge in [-0.15, -0.1) is 0 Å². The van der Waals surface area contributed by atoms with Crippen LogP contribution >= 0.6 is 0 Å². The number of ether oxygens (including phenoxy) is 1. The lowest BCUT2D eigenvalue weighted by Gasteiger charge is -2.10. The molecule has 0 saturated heterocycles. The second-order valence-electron chi connectivity index (χ2n) is 3.91. The van der Waals surface area contributed by atoms with Crippen molar-refractivity contribution in [2.24, 2.45) is 5.73 Å². The molecule has 2 aromatic rings. The third-order valence-electron chi connectivity index (χ3n) is 2.75. The first-order valence-electron chi connectivity index (χ1n) is 5.88. The van der Waals surface area contributed by atoms with Crippen molar-refractivity contribution in [3.8, 4) is 11.5 Å². The first-order chi connectivity index (χ1) is 8.33. The summed E-state index contributed by atoms with van der Waals surface area (Å²) < 4.78 is 5.82. The fraction of sp³-hybridized carbons (Fsp3) is 0.200. The lowest BCUT2D eigenvalue weighted by Crippen LogP contribution is -1.98. The lowest BCUT2D eigenvalue weighted by atomic mass is 10.1. The van der Waals surface area contributed by atoms with Gasteiger partial charge in [-0.1, -0.05) is 37.3 Å². The van der Waals surface area contributed by atoms with Gasteiger partial charge in [-0.3, -0.25) is 0 Å². The lowest BCUT2D eigenvalue weighted by molar-refractivity contribution is 0.476. The van der Waals surface area contributed by atoms with Gasteiger partial charge in [0.25, 0.3) is 0 Å². The minimum absolute atomic E-state index is 0.489. The number of hydrogen-bond donors (Lipinski definition) is 1. The van der Waals surface area contributed by atoms with E-state index in [0.717, 1.165) is 23.5 Å². The number of aryl methyl sites for hydroxylation is 1. The largest absolute Gasteiger partial charge is 0.457 e. The van der Waals surface area contributed by atoms with E-state index in [-0.39, 0.29) is 0 Å². The smallest absolute Gasteiger partial charge is 0.131 e. The molecular weight excluding hydrogens is 210 g/mol. The fourth-order valence-electron chi connectivity index (χ4n) is 1.69. The monoisotopic (exact) mass is 227 g/mol. The van der Waals surface area contributed by atoms with E-state index in [4.69, 9.17) is 10.5 Å². The van der Waals surface area contributed by atoms with E-state index in [2.05, 4.69) is 19.1 Å². The Labute approximate surface area is 102 Å². The van der Waals surface area contributed by atoms with Gasteiger partial charge in [0.1, 0.15) is 11.5 Å². The molecule has 0 unspecified atom stereocenters. The van der Waals surface area contributed by atoms with Crippen LogP contribution in [0, 0.1) is 0 Å². The van der Waals surface area contributed by atoms with E-state index in [1.165, 1.54) is 5.56 Å². The summed E-state index contributed by atoms with van der Waals surface area (Å²) in [4.78, 5) is 0. The summed E-state index contributed by atoms with van der Waals surface area (Å²) in [5.41, 5.74) is 8.00. The van der Waals surface area contributed by atoms with E-state index in [9.17, 15) is 0 Å². The molecule has 0 heterocycles. The van der Waals surface area contributed by atoms with E-state index in [1.54, 1.807) is 0 Å². The minimum atomic E-state index is 0.489. The number of hydrogen-bond acceptors (Lipinski definition) is 2. The van der Waals surface area contributed by atoms with E-state index in [0.29, 0.717) is 6.54 Å². The average Bonchev–Trinajstić information content (AvgIpc) is 2.40. The summed E-state index contributed by atoms with van der Waals surface area (Å²) in [6.07, 6.45) is 1.04. The van der Waals surface area contributed by atoms with Crippen LogP contribution in [-0.2, 0) is 13.0 Å². The van der Waals surface area contributed by atoms with Crippen LogP contribution in [0.3, 0.4) is 0 Å². The summed E-state index contributed by atoms with van der Waals surface area (Å²) in [6, 6.07) is 16.0. The Morgan fingerprint density at radius 3 is 2.35 bits per heavy atom. The van der Waals surface area contributed by atoms with E-state index < -0.39 is 0 Å². The highest BCUT2D eigenvalue weighted by atomic mass is 16.5. The molecule has 0 amide bonds. The molecular formula is C15H17NO. The number of benzene rings is 2. The fourth-order valence-corrected chi connectivity index (χ4v) is 1.69. The molecule has 0 radical (unpaired) electrons. The molecule has 0 aliphatic carbocycles. The highest BCUT2D eigenvalue weighted by Crippen LogP contribution is 2.25. The SMILES string of the molecule is CCc1ccc(Oc2ccccc2CN)cc1. The van der Waals surface area contributed by atoms with Gasteiger partial charge < -0.3 is 10.5 Å². The quantitative estimate of drug-likeness (QED) is 0.867. The Bertz CT molecular complexity index is 477. The van der Waals surface area contributed by atoms with Crippen molar-refractivity contribution in [1.29, 1.82) is 0 Å². The Hall–Kier alpha value is -1.80. The van der Waals surface area contributed by atoms with E-state index in [1.807, 2.05) is 36.4 Å². The molecule has 17 heavy (non-hydrogen) atoms. The average molecular weight is 227 g/mol. The summed E-state index contributed by atoms with van der Waals surface area (Å²) in [6.45, 7) is 2.63. The predicted molar refractivity (Wildman–Crippen MR) is 70.2 cm³/mol. The van der Waals surface area contributed by atoms with Crippen molar-refractivity contribution in [2.75, 3.05) is 0 Å². The molecule has 0 saturated carbocycles. The molecule has 0 atom stereocenters. The molecule has 0 spiro atoms. The maximum atomic E-state index is 5.82. The van der Waals surface area contributed by atoms with Crippen LogP contribution in [0.15, 0.2) is 48.5 Å². The maximum absolute atomic E-state index is 5.82. The van der Waals surface area contributed by atoms with Gasteiger partial charge in [0.05, 0.1) is 0 Å². The van der Waals surface area contributed by atoms with Crippen LogP contribution in [0.1, 0.15) is 18.1 Å². The zero-order valence-electron chi connectivity index (χ0n) is 10.0. The third-order valence-corrected chi connectivity index (χ3v) is 2.75. The Morgan fingerprint density at radius 2 is 1.71 bits per heavy atom. The summed E-state index contributed by atoms with van der Waals surface area (Å²) in [5.74, 6) is 1.68. The van der Waals surface area contributed by atoms with E-state index >= 15 is 0 Å². The summed E-state index contributed by atoms with van der Waals surface area (Å²) in [5, 5.41) is 0. The van der Waals surface area contributed by atoms with Gasteiger partial charge in [-0.25, -0.2) is 0 Å². The maximum Gasteiger partial charge on any atom is 0.131 e. The molecule has 2 rings (SSSR count). The minimum Gasteiger partial charge on any atom is -0.457 e. The van der Waals surface area contributed by atoms with Crippen LogP contribution < -0.4 is 10.5 Å². The van der Waals surface area contributed by atoms with Gasteiger partial charge in [-0.2, -0.15) is 0 Å². The zero-order chi connectivity index (χ0) is 12.1. The second kappa shape index (κ2) is 5.51. The highest BCUT2D eigenvalue weighted by molar-refractivity contribution is 5.38.